The van der Waals surface area contributed by atoms with Gasteiger partial charge >= 0.3 is 0 Å². The maximum Gasteiger partial charge on any atom is -0.00457 e. The number of rotatable bonds is 5. The number of hydrogen-bond acceptors (Lipinski definition) is 1. The first-order valence-corrected chi connectivity index (χ1v) is 5.14. The molecule has 0 saturated heterocycles. The lowest BCUT2D eigenvalue weighted by Crippen LogP contribution is -2.15. The van der Waals surface area contributed by atoms with E-state index in [1.807, 2.05) is 13.8 Å². The summed E-state index contributed by atoms with van der Waals surface area (Å²) in [5.74, 6) is 0. The molecule has 1 nitrogen and oxygen atoms in total. The summed E-state index contributed by atoms with van der Waals surface area (Å²) in [6, 6.07) is 0. The summed E-state index contributed by atoms with van der Waals surface area (Å²) in [5, 5.41) is 3.32. The molecule has 0 radical (unpaired) electrons. The van der Waals surface area contributed by atoms with Crippen LogP contribution in [0.15, 0.2) is 0 Å². The van der Waals surface area contributed by atoms with Gasteiger partial charge in [-0.25, -0.2) is 0 Å². The smallest absolute Gasteiger partial charge is 0.00457 e. The highest BCUT2D eigenvalue weighted by atomic mass is 31.0. The van der Waals surface area contributed by atoms with Crippen molar-refractivity contribution in [2.45, 2.75) is 33.6 Å². The third kappa shape index (κ3) is 15.8. The Hall–Kier alpha value is 0.390. The lowest BCUT2D eigenvalue weighted by atomic mass is 10.4. The Bertz CT molecular complexity index is 34.2. The van der Waals surface area contributed by atoms with E-state index < -0.39 is 0 Å². The summed E-state index contributed by atoms with van der Waals surface area (Å²) in [7, 11) is 2.73. The van der Waals surface area contributed by atoms with E-state index >= 15 is 0 Å². The second-order valence-electron chi connectivity index (χ2n) is 1.89. The van der Waals surface area contributed by atoms with Gasteiger partial charge in [0.15, 0.2) is 0 Å². The standard InChI is InChI=1S/C6H16NP.C2H6/c1-2-4-7-5-3-6-8;1-2/h7H,2-6,8H2,1H3;1-2H3. The van der Waals surface area contributed by atoms with Gasteiger partial charge in [-0.3, -0.25) is 0 Å². The quantitative estimate of drug-likeness (QED) is 0.484. The predicted molar refractivity (Wildman–Crippen MR) is 53.7 cm³/mol. The van der Waals surface area contributed by atoms with Crippen molar-refractivity contribution in [1.29, 1.82) is 0 Å². The summed E-state index contributed by atoms with van der Waals surface area (Å²) in [6.07, 6.45) is 3.75. The normalized spacial score (nSPS) is 8.40. The highest BCUT2D eigenvalue weighted by Gasteiger charge is 1.80. The zero-order valence-electron chi connectivity index (χ0n) is 7.61. The summed E-state index contributed by atoms with van der Waals surface area (Å²) in [4.78, 5) is 0. The molecule has 2 heteroatoms. The Morgan fingerprint density at radius 2 is 1.80 bits per heavy atom. The van der Waals surface area contributed by atoms with Gasteiger partial charge in [0.05, 0.1) is 0 Å². The van der Waals surface area contributed by atoms with E-state index in [4.69, 9.17) is 0 Å². The van der Waals surface area contributed by atoms with Gasteiger partial charge in [0.25, 0.3) is 0 Å². The zero-order valence-corrected chi connectivity index (χ0v) is 8.77. The first kappa shape index (κ1) is 13.0. The zero-order chi connectivity index (χ0) is 8.24. The molecule has 0 amide bonds. The van der Waals surface area contributed by atoms with Crippen LogP contribution < -0.4 is 5.32 Å². The van der Waals surface area contributed by atoms with E-state index in [-0.39, 0.29) is 0 Å². The molecule has 1 unspecified atom stereocenters. The van der Waals surface area contributed by atoms with E-state index in [2.05, 4.69) is 21.5 Å². The Kier molecular flexibility index (Phi) is 21.1. The van der Waals surface area contributed by atoms with Gasteiger partial charge in [0, 0.05) is 0 Å². The van der Waals surface area contributed by atoms with Gasteiger partial charge in [-0.05, 0) is 32.1 Å². The SMILES string of the molecule is CC.CCCNCCCP. The molecule has 0 spiro atoms. The van der Waals surface area contributed by atoms with Crippen molar-refractivity contribution in [2.24, 2.45) is 0 Å². The van der Waals surface area contributed by atoms with Crippen molar-refractivity contribution in [3.8, 4) is 0 Å². The molecule has 0 saturated carbocycles. The summed E-state index contributed by atoms with van der Waals surface area (Å²) >= 11 is 0. The minimum atomic E-state index is 1.17. The van der Waals surface area contributed by atoms with Crippen molar-refractivity contribution in [3.63, 3.8) is 0 Å². The molecule has 1 atom stereocenters. The predicted octanol–water partition coefficient (Wildman–Crippen LogP) is 2.28. The summed E-state index contributed by atoms with van der Waals surface area (Å²) < 4.78 is 0. The molecule has 0 aliphatic rings. The average molecular weight is 163 g/mol. The van der Waals surface area contributed by atoms with Crippen LogP contribution in [0.1, 0.15) is 33.6 Å². The summed E-state index contributed by atoms with van der Waals surface area (Å²) in [6.45, 7) is 8.54. The maximum absolute atomic E-state index is 3.32. The third-order valence-corrected chi connectivity index (χ3v) is 1.39. The molecule has 0 bridgehead atoms. The topological polar surface area (TPSA) is 12.0 Å². The van der Waals surface area contributed by atoms with Gasteiger partial charge in [0.2, 0.25) is 0 Å². The molecule has 0 heterocycles. The molecule has 1 N–H and O–H groups in total. The molecule has 0 aromatic rings. The molecule has 0 aromatic heterocycles. The lowest BCUT2D eigenvalue weighted by molar-refractivity contribution is 0.664. The number of hydrogen-bond donors (Lipinski definition) is 1. The Morgan fingerprint density at radius 1 is 1.20 bits per heavy atom. The van der Waals surface area contributed by atoms with Crippen LogP contribution in [0.3, 0.4) is 0 Å². The second kappa shape index (κ2) is 16.2. The van der Waals surface area contributed by atoms with Crippen molar-refractivity contribution < 1.29 is 0 Å². The van der Waals surface area contributed by atoms with Crippen molar-refractivity contribution >= 4 is 9.24 Å². The molecule has 10 heavy (non-hydrogen) atoms. The van der Waals surface area contributed by atoms with Crippen LogP contribution in [0.25, 0.3) is 0 Å². The molecule has 0 rings (SSSR count). The Morgan fingerprint density at radius 3 is 2.20 bits per heavy atom. The van der Waals surface area contributed by atoms with E-state index in [0.29, 0.717) is 0 Å². The largest absolute Gasteiger partial charge is 0.317 e. The second-order valence-corrected chi connectivity index (χ2v) is 2.47. The van der Waals surface area contributed by atoms with Crippen LogP contribution in [0.4, 0.5) is 0 Å². The molecule has 64 valence electrons. The molecule has 0 aliphatic heterocycles. The van der Waals surface area contributed by atoms with Gasteiger partial charge < -0.3 is 5.32 Å². The third-order valence-electron chi connectivity index (χ3n) is 0.984. The van der Waals surface area contributed by atoms with Crippen LogP contribution in [-0.4, -0.2) is 19.3 Å². The van der Waals surface area contributed by atoms with Crippen LogP contribution in [0.2, 0.25) is 0 Å². The summed E-state index contributed by atoms with van der Waals surface area (Å²) in [5.41, 5.74) is 0. The minimum Gasteiger partial charge on any atom is -0.317 e. The van der Waals surface area contributed by atoms with Crippen LogP contribution >= 0.6 is 9.24 Å². The Balaban J connectivity index is 0. The fourth-order valence-corrected chi connectivity index (χ4v) is 0.733. The van der Waals surface area contributed by atoms with E-state index in [9.17, 15) is 0 Å². The minimum absolute atomic E-state index is 1.17. The molecule has 0 aliphatic carbocycles. The van der Waals surface area contributed by atoms with Crippen LogP contribution in [-0.2, 0) is 0 Å². The molecular formula is C8H22NP. The monoisotopic (exact) mass is 163 g/mol. The van der Waals surface area contributed by atoms with E-state index in [1.165, 1.54) is 32.1 Å². The fraction of sp³-hybridized carbons (Fsp3) is 1.00. The maximum atomic E-state index is 3.32. The Labute approximate surface area is 68.2 Å². The van der Waals surface area contributed by atoms with Gasteiger partial charge in [-0.15, -0.1) is 9.24 Å². The number of nitrogens with one attached hydrogen (secondary N) is 1. The van der Waals surface area contributed by atoms with E-state index in [1.54, 1.807) is 0 Å². The van der Waals surface area contributed by atoms with Crippen molar-refractivity contribution in [2.75, 3.05) is 19.3 Å². The molecule has 0 fully saturated rings. The average Bonchev–Trinajstić information content (AvgIpc) is 2.02. The van der Waals surface area contributed by atoms with E-state index in [0.717, 1.165) is 0 Å². The lowest BCUT2D eigenvalue weighted by Gasteiger charge is -1.98. The first-order valence-electron chi connectivity index (χ1n) is 4.32. The van der Waals surface area contributed by atoms with Crippen LogP contribution in [0.5, 0.6) is 0 Å². The van der Waals surface area contributed by atoms with Gasteiger partial charge in [-0.2, -0.15) is 0 Å². The molecular weight excluding hydrogens is 141 g/mol. The highest BCUT2D eigenvalue weighted by molar-refractivity contribution is 7.16. The van der Waals surface area contributed by atoms with Gasteiger partial charge in [0.1, 0.15) is 0 Å². The van der Waals surface area contributed by atoms with Crippen molar-refractivity contribution in [1.82, 2.24) is 5.32 Å². The fourth-order valence-electron chi connectivity index (χ4n) is 0.529. The highest BCUT2D eigenvalue weighted by Crippen LogP contribution is 1.84. The first-order chi connectivity index (χ1) is 4.91. The van der Waals surface area contributed by atoms with Crippen molar-refractivity contribution in [3.05, 3.63) is 0 Å². The van der Waals surface area contributed by atoms with Gasteiger partial charge in [-0.1, -0.05) is 20.8 Å². The molecule has 0 aromatic carbocycles. The van der Waals surface area contributed by atoms with Crippen LogP contribution in [0, 0.1) is 0 Å².